The summed E-state index contributed by atoms with van der Waals surface area (Å²) in [6.07, 6.45) is 0. The zero-order valence-corrected chi connectivity index (χ0v) is 17.1. The summed E-state index contributed by atoms with van der Waals surface area (Å²) in [4.78, 5) is 27.6. The Balaban J connectivity index is 1.98. The number of nitrogens with one attached hydrogen (secondary N) is 1. The summed E-state index contributed by atoms with van der Waals surface area (Å²) >= 11 is 0. The fourth-order valence-corrected chi connectivity index (χ4v) is 4.08. The van der Waals surface area contributed by atoms with Crippen LogP contribution in [0, 0.1) is 0 Å². The largest absolute Gasteiger partial charge is 0.339 e. The van der Waals surface area contributed by atoms with Gasteiger partial charge in [-0.2, -0.15) is 4.31 Å². The van der Waals surface area contributed by atoms with Crippen molar-refractivity contribution in [2.75, 3.05) is 45.1 Å². The monoisotopic (exact) mass is 396 g/mol. The predicted octanol–water partition coefficient (Wildman–Crippen LogP) is 0.818. The number of nitrogens with zero attached hydrogens (tertiary/aromatic N) is 3. The molecule has 8 nitrogen and oxygen atoms in total. The highest BCUT2D eigenvalue weighted by Crippen LogP contribution is 2.18. The summed E-state index contributed by atoms with van der Waals surface area (Å²) in [5, 5.41) is 2.59. The first-order chi connectivity index (χ1) is 12.6. The second-order valence-electron chi connectivity index (χ2n) is 6.98. The first-order valence-corrected chi connectivity index (χ1v) is 10.4. The quantitative estimate of drug-likeness (QED) is 0.769. The van der Waals surface area contributed by atoms with E-state index in [1.54, 1.807) is 4.90 Å². The fourth-order valence-electron chi connectivity index (χ4n) is 2.96. The van der Waals surface area contributed by atoms with E-state index in [9.17, 15) is 18.0 Å². The number of carbonyl (C=O) groups is 2. The smallest absolute Gasteiger partial charge is 0.243 e. The van der Waals surface area contributed by atoms with Gasteiger partial charge in [-0.15, -0.1) is 0 Å². The lowest BCUT2D eigenvalue weighted by atomic mass is 10.2. The summed E-state index contributed by atoms with van der Waals surface area (Å²) in [7, 11) is -2.38. The van der Waals surface area contributed by atoms with E-state index in [0.29, 0.717) is 24.8 Å². The maximum absolute atomic E-state index is 12.7. The average Bonchev–Trinajstić information content (AvgIpc) is 2.61. The minimum Gasteiger partial charge on any atom is -0.339 e. The highest BCUT2D eigenvalue weighted by Gasteiger charge is 2.27. The molecule has 2 amide bonds. The van der Waals surface area contributed by atoms with Crippen molar-refractivity contribution in [3.8, 4) is 0 Å². The molecule has 1 aliphatic rings. The second-order valence-corrected chi connectivity index (χ2v) is 9.02. The van der Waals surface area contributed by atoms with Gasteiger partial charge in [-0.1, -0.05) is 0 Å². The van der Waals surface area contributed by atoms with Crippen molar-refractivity contribution in [3.63, 3.8) is 0 Å². The Morgan fingerprint density at radius 2 is 1.67 bits per heavy atom. The molecule has 0 atom stereocenters. The van der Waals surface area contributed by atoms with E-state index in [0.717, 1.165) is 17.4 Å². The Bertz CT molecular complexity index is 769. The number of amides is 2. The molecule has 1 aromatic carbocycles. The van der Waals surface area contributed by atoms with Crippen LogP contribution in [0.15, 0.2) is 29.2 Å². The van der Waals surface area contributed by atoms with Crippen molar-refractivity contribution in [2.24, 2.45) is 0 Å². The van der Waals surface area contributed by atoms with E-state index in [4.69, 9.17) is 0 Å². The first kappa shape index (κ1) is 21.3. The van der Waals surface area contributed by atoms with Crippen LogP contribution < -0.4 is 5.32 Å². The lowest BCUT2D eigenvalue weighted by Gasteiger charge is -2.37. The maximum Gasteiger partial charge on any atom is 0.243 e. The number of hydrogen-bond donors (Lipinski definition) is 1. The Kier molecular flexibility index (Phi) is 6.96. The Morgan fingerprint density at radius 1 is 1.11 bits per heavy atom. The van der Waals surface area contributed by atoms with E-state index < -0.39 is 10.0 Å². The van der Waals surface area contributed by atoms with Crippen molar-refractivity contribution in [2.45, 2.75) is 31.7 Å². The van der Waals surface area contributed by atoms with Crippen LogP contribution in [-0.4, -0.2) is 80.2 Å². The molecule has 150 valence electrons. The Morgan fingerprint density at radius 3 is 2.15 bits per heavy atom. The van der Waals surface area contributed by atoms with Crippen LogP contribution in [0.1, 0.15) is 20.8 Å². The van der Waals surface area contributed by atoms with Crippen LogP contribution in [0.25, 0.3) is 0 Å². The number of piperazine rings is 1. The van der Waals surface area contributed by atoms with E-state index in [-0.39, 0.29) is 23.3 Å². The molecule has 0 bridgehead atoms. The van der Waals surface area contributed by atoms with E-state index >= 15 is 0 Å². The molecule has 1 N–H and O–H groups in total. The maximum atomic E-state index is 12.7. The molecular formula is C18H28N4O4S. The summed E-state index contributed by atoms with van der Waals surface area (Å²) < 4.78 is 26.4. The van der Waals surface area contributed by atoms with Crippen molar-refractivity contribution in [1.82, 2.24) is 14.1 Å². The minimum absolute atomic E-state index is 0.0801. The zero-order chi connectivity index (χ0) is 20.2. The zero-order valence-electron chi connectivity index (χ0n) is 16.3. The second kappa shape index (κ2) is 8.81. The lowest BCUT2D eigenvalue weighted by Crippen LogP contribution is -2.52. The van der Waals surface area contributed by atoms with Crippen LogP contribution >= 0.6 is 0 Å². The molecule has 0 saturated carbocycles. The normalized spacial score (nSPS) is 16.0. The Hall–Kier alpha value is -1.97. The molecule has 1 saturated heterocycles. The summed E-state index contributed by atoms with van der Waals surface area (Å²) in [6.45, 7) is 8.23. The van der Waals surface area contributed by atoms with Crippen LogP contribution in [-0.2, 0) is 19.6 Å². The van der Waals surface area contributed by atoms with Gasteiger partial charge in [-0.05, 0) is 38.1 Å². The third-order valence-electron chi connectivity index (χ3n) is 4.64. The SMILES string of the molecule is CC(=O)Nc1ccc(S(=O)(=O)N(C)CC(=O)N2CCN(C(C)C)CC2)cc1. The van der Waals surface area contributed by atoms with Gasteiger partial charge in [0.15, 0.2) is 0 Å². The Labute approximate surface area is 161 Å². The van der Waals surface area contributed by atoms with E-state index in [1.807, 2.05) is 0 Å². The van der Waals surface area contributed by atoms with Crippen LogP contribution in [0.5, 0.6) is 0 Å². The lowest BCUT2D eigenvalue weighted by molar-refractivity contribution is -0.133. The molecule has 0 radical (unpaired) electrons. The number of likely N-dealkylation sites (N-methyl/N-ethyl adjacent to an activating group) is 1. The highest BCUT2D eigenvalue weighted by molar-refractivity contribution is 7.89. The molecule has 0 aromatic heterocycles. The number of hydrogen-bond acceptors (Lipinski definition) is 5. The molecule has 2 rings (SSSR count). The molecule has 1 aliphatic heterocycles. The number of benzene rings is 1. The third-order valence-corrected chi connectivity index (χ3v) is 6.46. The number of anilines is 1. The van der Waals surface area contributed by atoms with Gasteiger partial charge in [0.05, 0.1) is 11.4 Å². The number of rotatable bonds is 6. The van der Waals surface area contributed by atoms with E-state index in [2.05, 4.69) is 24.1 Å². The van der Waals surface area contributed by atoms with Gasteiger partial charge in [0, 0.05) is 51.9 Å². The van der Waals surface area contributed by atoms with Crippen molar-refractivity contribution < 1.29 is 18.0 Å². The molecule has 0 aliphatic carbocycles. The van der Waals surface area contributed by atoms with Gasteiger partial charge in [-0.25, -0.2) is 8.42 Å². The summed E-state index contributed by atoms with van der Waals surface area (Å²) in [5.74, 6) is -0.426. The van der Waals surface area contributed by atoms with Crippen LogP contribution in [0.3, 0.4) is 0 Å². The topological polar surface area (TPSA) is 90.0 Å². The molecule has 1 fully saturated rings. The van der Waals surface area contributed by atoms with E-state index in [1.165, 1.54) is 38.2 Å². The summed E-state index contributed by atoms with van der Waals surface area (Å²) in [5.41, 5.74) is 0.517. The predicted molar refractivity (Wildman–Crippen MR) is 104 cm³/mol. The van der Waals surface area contributed by atoms with Crippen LogP contribution in [0.2, 0.25) is 0 Å². The number of carbonyl (C=O) groups excluding carboxylic acids is 2. The van der Waals surface area contributed by atoms with Crippen molar-refractivity contribution >= 4 is 27.5 Å². The van der Waals surface area contributed by atoms with Gasteiger partial charge >= 0.3 is 0 Å². The molecule has 1 aromatic rings. The molecule has 9 heteroatoms. The fraction of sp³-hybridized carbons (Fsp3) is 0.556. The van der Waals surface area contributed by atoms with Crippen LogP contribution in [0.4, 0.5) is 5.69 Å². The summed E-state index contributed by atoms with van der Waals surface area (Å²) in [6, 6.07) is 6.32. The molecule has 1 heterocycles. The van der Waals surface area contributed by atoms with Gasteiger partial charge < -0.3 is 10.2 Å². The minimum atomic E-state index is -3.78. The third kappa shape index (κ3) is 5.50. The standard InChI is InChI=1S/C18H28N4O4S/c1-14(2)21-9-11-22(12-10-21)18(24)13-20(4)27(25,26)17-7-5-16(6-8-17)19-15(3)23/h5-8,14H,9-13H2,1-4H3,(H,19,23). The molecule has 0 spiro atoms. The first-order valence-electron chi connectivity index (χ1n) is 8.97. The van der Waals surface area contributed by atoms with Gasteiger partial charge in [0.25, 0.3) is 0 Å². The number of sulfonamides is 1. The van der Waals surface area contributed by atoms with Gasteiger partial charge in [-0.3, -0.25) is 14.5 Å². The van der Waals surface area contributed by atoms with Gasteiger partial charge in [0.2, 0.25) is 21.8 Å². The highest BCUT2D eigenvalue weighted by atomic mass is 32.2. The van der Waals surface area contributed by atoms with Crippen molar-refractivity contribution in [1.29, 1.82) is 0 Å². The van der Waals surface area contributed by atoms with Crippen molar-refractivity contribution in [3.05, 3.63) is 24.3 Å². The van der Waals surface area contributed by atoms with Gasteiger partial charge in [0.1, 0.15) is 0 Å². The molecular weight excluding hydrogens is 368 g/mol. The molecule has 0 unspecified atom stereocenters. The molecule has 27 heavy (non-hydrogen) atoms. The average molecular weight is 397 g/mol.